The lowest BCUT2D eigenvalue weighted by molar-refractivity contribution is -0.149. The summed E-state index contributed by atoms with van der Waals surface area (Å²) in [5.41, 5.74) is 0.253. The number of carbonyl (C=O) groups is 2. The van der Waals surface area contributed by atoms with Gasteiger partial charge in [-0.05, 0) is 38.0 Å². The molecular formula is C16H20FNO4. The van der Waals surface area contributed by atoms with Gasteiger partial charge in [-0.25, -0.2) is 4.39 Å². The SMILES string of the molecule is CCOC(=O)[C@H]1CCCN(C(=O)c2ccc(OC)c(F)c2)C1. The van der Waals surface area contributed by atoms with Crippen molar-refractivity contribution in [2.75, 3.05) is 26.8 Å². The highest BCUT2D eigenvalue weighted by atomic mass is 19.1. The molecule has 1 aliphatic heterocycles. The number of amides is 1. The Morgan fingerprint density at radius 1 is 1.41 bits per heavy atom. The number of carbonyl (C=O) groups excluding carboxylic acids is 2. The van der Waals surface area contributed by atoms with Crippen molar-refractivity contribution in [2.24, 2.45) is 5.92 Å². The summed E-state index contributed by atoms with van der Waals surface area (Å²) in [7, 11) is 1.37. The van der Waals surface area contributed by atoms with E-state index < -0.39 is 5.82 Å². The van der Waals surface area contributed by atoms with Crippen LogP contribution >= 0.6 is 0 Å². The first kappa shape index (κ1) is 16.3. The molecule has 6 heteroatoms. The highest BCUT2D eigenvalue weighted by Gasteiger charge is 2.30. The van der Waals surface area contributed by atoms with Crippen LogP contribution in [0.3, 0.4) is 0 Å². The van der Waals surface area contributed by atoms with E-state index in [4.69, 9.17) is 9.47 Å². The van der Waals surface area contributed by atoms with Gasteiger partial charge in [-0.1, -0.05) is 0 Å². The van der Waals surface area contributed by atoms with Crippen LogP contribution in [0.4, 0.5) is 4.39 Å². The number of halogens is 1. The fraction of sp³-hybridized carbons (Fsp3) is 0.500. The second-order valence-corrected chi connectivity index (χ2v) is 5.19. The molecule has 0 unspecified atom stereocenters. The van der Waals surface area contributed by atoms with E-state index in [1.165, 1.54) is 19.2 Å². The van der Waals surface area contributed by atoms with E-state index in [0.29, 0.717) is 26.1 Å². The standard InChI is InChI=1S/C16H20FNO4/c1-3-22-16(20)12-5-4-8-18(10-12)15(19)11-6-7-14(21-2)13(17)9-11/h6-7,9,12H,3-5,8,10H2,1-2H3/t12-/m0/s1. The number of methoxy groups -OCH3 is 1. The minimum absolute atomic E-state index is 0.0968. The van der Waals surface area contributed by atoms with Gasteiger partial charge in [0, 0.05) is 18.7 Å². The van der Waals surface area contributed by atoms with Crippen molar-refractivity contribution in [2.45, 2.75) is 19.8 Å². The van der Waals surface area contributed by atoms with Crippen LogP contribution in [0, 0.1) is 11.7 Å². The fourth-order valence-electron chi connectivity index (χ4n) is 2.60. The molecule has 0 N–H and O–H groups in total. The Morgan fingerprint density at radius 3 is 2.82 bits per heavy atom. The molecule has 5 nitrogen and oxygen atoms in total. The molecule has 0 aromatic heterocycles. The first-order valence-electron chi connectivity index (χ1n) is 7.36. The van der Waals surface area contributed by atoms with Crippen molar-refractivity contribution >= 4 is 11.9 Å². The van der Waals surface area contributed by atoms with Crippen LogP contribution < -0.4 is 4.74 Å². The molecular weight excluding hydrogens is 289 g/mol. The molecule has 1 fully saturated rings. The normalized spacial score (nSPS) is 18.0. The van der Waals surface area contributed by atoms with Crippen molar-refractivity contribution < 1.29 is 23.5 Å². The van der Waals surface area contributed by atoms with Gasteiger partial charge in [-0.3, -0.25) is 9.59 Å². The Labute approximate surface area is 129 Å². The van der Waals surface area contributed by atoms with Gasteiger partial charge in [0.25, 0.3) is 5.91 Å². The highest BCUT2D eigenvalue weighted by Crippen LogP contribution is 2.22. The Bertz CT molecular complexity index is 561. The summed E-state index contributed by atoms with van der Waals surface area (Å²) >= 11 is 0. The number of hydrogen-bond donors (Lipinski definition) is 0. The Kier molecular flexibility index (Phi) is 5.35. The lowest BCUT2D eigenvalue weighted by Crippen LogP contribution is -2.42. The number of benzene rings is 1. The van der Waals surface area contributed by atoms with Crippen LogP contribution in [0.5, 0.6) is 5.75 Å². The number of piperidine rings is 1. The van der Waals surface area contributed by atoms with Crippen molar-refractivity contribution in [1.29, 1.82) is 0 Å². The van der Waals surface area contributed by atoms with E-state index in [-0.39, 0.29) is 29.1 Å². The molecule has 2 rings (SSSR count). The molecule has 120 valence electrons. The maximum atomic E-state index is 13.7. The summed E-state index contributed by atoms with van der Waals surface area (Å²) in [6.07, 6.45) is 1.44. The van der Waals surface area contributed by atoms with Crippen molar-refractivity contribution in [3.05, 3.63) is 29.6 Å². The predicted molar refractivity (Wildman–Crippen MR) is 78.2 cm³/mol. The van der Waals surface area contributed by atoms with E-state index in [1.54, 1.807) is 11.8 Å². The third-order valence-electron chi connectivity index (χ3n) is 3.73. The van der Waals surface area contributed by atoms with E-state index >= 15 is 0 Å². The number of rotatable bonds is 4. The van der Waals surface area contributed by atoms with Crippen molar-refractivity contribution in [1.82, 2.24) is 4.90 Å². The third-order valence-corrected chi connectivity index (χ3v) is 3.73. The van der Waals surface area contributed by atoms with E-state index in [9.17, 15) is 14.0 Å². The molecule has 1 amide bonds. The molecule has 1 heterocycles. The van der Waals surface area contributed by atoms with Gasteiger partial charge in [-0.15, -0.1) is 0 Å². The predicted octanol–water partition coefficient (Wildman–Crippen LogP) is 2.25. The summed E-state index contributed by atoms with van der Waals surface area (Å²) in [5, 5.41) is 0. The summed E-state index contributed by atoms with van der Waals surface area (Å²) in [4.78, 5) is 25.8. The van der Waals surface area contributed by atoms with Crippen LogP contribution in [0.2, 0.25) is 0 Å². The van der Waals surface area contributed by atoms with Gasteiger partial charge in [0.2, 0.25) is 0 Å². The molecule has 22 heavy (non-hydrogen) atoms. The fourth-order valence-corrected chi connectivity index (χ4v) is 2.60. The number of likely N-dealkylation sites (tertiary alicyclic amines) is 1. The maximum absolute atomic E-state index is 13.7. The first-order valence-corrected chi connectivity index (χ1v) is 7.36. The maximum Gasteiger partial charge on any atom is 0.310 e. The monoisotopic (exact) mass is 309 g/mol. The van der Waals surface area contributed by atoms with Crippen molar-refractivity contribution in [3.8, 4) is 5.75 Å². The number of esters is 1. The smallest absolute Gasteiger partial charge is 0.310 e. The first-order chi connectivity index (χ1) is 10.6. The second-order valence-electron chi connectivity index (χ2n) is 5.19. The zero-order chi connectivity index (χ0) is 16.1. The van der Waals surface area contributed by atoms with Crippen LogP contribution in [0.25, 0.3) is 0 Å². The van der Waals surface area contributed by atoms with Crippen molar-refractivity contribution in [3.63, 3.8) is 0 Å². The molecule has 1 saturated heterocycles. The van der Waals surface area contributed by atoms with Crippen LogP contribution in [-0.2, 0) is 9.53 Å². The van der Waals surface area contributed by atoms with Gasteiger partial charge >= 0.3 is 5.97 Å². The number of hydrogen-bond acceptors (Lipinski definition) is 4. The average molecular weight is 309 g/mol. The molecule has 1 aromatic rings. The molecule has 1 aromatic carbocycles. The summed E-state index contributed by atoms with van der Waals surface area (Å²) in [5.74, 6) is -1.34. The van der Waals surface area contributed by atoms with Crippen LogP contribution in [-0.4, -0.2) is 43.6 Å². The molecule has 0 radical (unpaired) electrons. The van der Waals surface area contributed by atoms with Crippen LogP contribution in [0.15, 0.2) is 18.2 Å². The van der Waals surface area contributed by atoms with Gasteiger partial charge in [0.05, 0.1) is 19.6 Å². The average Bonchev–Trinajstić information content (AvgIpc) is 2.54. The summed E-state index contributed by atoms with van der Waals surface area (Å²) < 4.78 is 23.6. The number of nitrogens with zero attached hydrogens (tertiary/aromatic N) is 1. The Hall–Kier alpha value is -2.11. The van der Waals surface area contributed by atoms with Crippen LogP contribution in [0.1, 0.15) is 30.1 Å². The highest BCUT2D eigenvalue weighted by molar-refractivity contribution is 5.94. The van der Waals surface area contributed by atoms with E-state index in [2.05, 4.69) is 0 Å². The molecule has 0 spiro atoms. The minimum atomic E-state index is -0.577. The molecule has 1 atom stereocenters. The number of ether oxygens (including phenoxy) is 2. The van der Waals surface area contributed by atoms with E-state index in [0.717, 1.165) is 12.5 Å². The lowest BCUT2D eigenvalue weighted by atomic mass is 9.97. The van der Waals surface area contributed by atoms with E-state index in [1.807, 2.05) is 0 Å². The van der Waals surface area contributed by atoms with Gasteiger partial charge in [-0.2, -0.15) is 0 Å². The molecule has 0 aliphatic carbocycles. The topological polar surface area (TPSA) is 55.8 Å². The third kappa shape index (κ3) is 3.55. The summed E-state index contributed by atoms with van der Waals surface area (Å²) in [6, 6.07) is 4.11. The molecule has 0 saturated carbocycles. The largest absolute Gasteiger partial charge is 0.494 e. The van der Waals surface area contributed by atoms with Gasteiger partial charge in [0.1, 0.15) is 0 Å². The minimum Gasteiger partial charge on any atom is -0.494 e. The van der Waals surface area contributed by atoms with Gasteiger partial charge in [0.15, 0.2) is 11.6 Å². The quantitative estimate of drug-likeness (QED) is 0.801. The zero-order valence-corrected chi connectivity index (χ0v) is 12.8. The second kappa shape index (κ2) is 7.24. The lowest BCUT2D eigenvalue weighted by Gasteiger charge is -2.31. The Balaban J connectivity index is 2.08. The zero-order valence-electron chi connectivity index (χ0n) is 12.8. The molecule has 1 aliphatic rings. The summed E-state index contributed by atoms with van der Waals surface area (Å²) in [6.45, 7) is 2.95. The van der Waals surface area contributed by atoms with Gasteiger partial charge < -0.3 is 14.4 Å². The molecule has 0 bridgehead atoms. The Morgan fingerprint density at radius 2 is 2.18 bits per heavy atom.